The Balaban J connectivity index is 2.10. The van der Waals surface area contributed by atoms with Gasteiger partial charge in [0.15, 0.2) is 5.75 Å². The number of halogens is 2. The number of ether oxygens (including phenoxy) is 2. The average Bonchev–Trinajstić information content (AvgIpc) is 2.58. The molecule has 0 amide bonds. The summed E-state index contributed by atoms with van der Waals surface area (Å²) in [6.07, 6.45) is 1.31. The number of hydrogen-bond donors (Lipinski definition) is 1. The summed E-state index contributed by atoms with van der Waals surface area (Å²) in [5.74, 6) is 0.966. The highest BCUT2D eigenvalue weighted by Gasteiger charge is 2.13. The van der Waals surface area contributed by atoms with E-state index < -0.39 is 10.0 Å². The van der Waals surface area contributed by atoms with Gasteiger partial charge in [-0.3, -0.25) is 0 Å². The second-order valence-corrected chi connectivity index (χ2v) is 8.21. The van der Waals surface area contributed by atoms with E-state index in [-0.39, 0.29) is 11.0 Å². The number of nitrogens with one attached hydrogen (secondary N) is 1. The first-order valence-corrected chi connectivity index (χ1v) is 10.4. The normalized spacial score (nSPS) is 11.8. The molecule has 0 fully saturated rings. The predicted molar refractivity (Wildman–Crippen MR) is 108 cm³/mol. The maximum atomic E-state index is 12.3. The number of nitrogens with zero attached hydrogens (tertiary/aromatic N) is 1. The van der Waals surface area contributed by atoms with E-state index in [0.717, 1.165) is 0 Å². The monoisotopic (exact) mass is 430 g/mol. The van der Waals surface area contributed by atoms with Crippen LogP contribution in [-0.2, 0) is 10.0 Å². The van der Waals surface area contributed by atoms with Crippen molar-refractivity contribution in [2.75, 3.05) is 6.61 Å². The predicted octanol–water partition coefficient (Wildman–Crippen LogP) is 4.49. The Morgan fingerprint density at radius 2 is 1.74 bits per heavy atom. The number of benzene rings is 2. The van der Waals surface area contributed by atoms with Crippen LogP contribution in [0.2, 0.25) is 10.0 Å². The summed E-state index contributed by atoms with van der Waals surface area (Å²) >= 11 is 12.2. The molecule has 0 saturated heterocycles. The van der Waals surface area contributed by atoms with E-state index in [9.17, 15) is 8.42 Å². The van der Waals surface area contributed by atoms with Gasteiger partial charge in [-0.15, -0.1) is 0 Å². The Kier molecular flexibility index (Phi) is 7.35. The zero-order chi connectivity index (χ0) is 20.0. The number of rotatable bonds is 8. The van der Waals surface area contributed by atoms with Gasteiger partial charge in [0.25, 0.3) is 10.0 Å². The lowest BCUT2D eigenvalue weighted by Gasteiger charge is -2.10. The van der Waals surface area contributed by atoms with Gasteiger partial charge in [0, 0.05) is 0 Å². The molecule has 0 atom stereocenters. The minimum Gasteiger partial charge on any atom is -0.491 e. The maximum absolute atomic E-state index is 12.3. The number of hydrazone groups is 1. The topological polar surface area (TPSA) is 77.0 Å². The highest BCUT2D eigenvalue weighted by Crippen LogP contribution is 2.33. The van der Waals surface area contributed by atoms with Crippen molar-refractivity contribution >= 4 is 39.4 Å². The van der Waals surface area contributed by atoms with Crippen LogP contribution in [0.1, 0.15) is 26.3 Å². The van der Waals surface area contributed by atoms with E-state index in [1.54, 1.807) is 24.3 Å². The largest absolute Gasteiger partial charge is 0.491 e. The Morgan fingerprint density at radius 3 is 2.26 bits per heavy atom. The van der Waals surface area contributed by atoms with Gasteiger partial charge < -0.3 is 9.47 Å². The summed E-state index contributed by atoms with van der Waals surface area (Å²) in [6, 6.07) is 9.22. The Morgan fingerprint density at radius 1 is 1.15 bits per heavy atom. The lowest BCUT2D eigenvalue weighted by molar-refractivity contribution is 0.242. The summed E-state index contributed by atoms with van der Waals surface area (Å²) in [4.78, 5) is 2.21. The smallest absolute Gasteiger partial charge is 0.276 e. The quantitative estimate of drug-likeness (QED) is 0.494. The van der Waals surface area contributed by atoms with Gasteiger partial charge in [0.1, 0.15) is 5.75 Å². The summed E-state index contributed by atoms with van der Waals surface area (Å²) < 4.78 is 35.4. The van der Waals surface area contributed by atoms with Crippen molar-refractivity contribution < 1.29 is 17.9 Å². The third-order valence-corrected chi connectivity index (χ3v) is 5.00. The van der Waals surface area contributed by atoms with E-state index >= 15 is 0 Å². The molecule has 0 heterocycles. The molecule has 2 rings (SSSR count). The maximum Gasteiger partial charge on any atom is 0.276 e. The molecule has 146 valence electrons. The van der Waals surface area contributed by atoms with Gasteiger partial charge in [-0.2, -0.15) is 13.5 Å². The van der Waals surface area contributed by atoms with Crippen molar-refractivity contribution in [3.05, 3.63) is 52.0 Å². The molecule has 0 aliphatic heterocycles. The van der Waals surface area contributed by atoms with E-state index in [2.05, 4.69) is 9.93 Å². The van der Waals surface area contributed by atoms with E-state index in [4.69, 9.17) is 32.7 Å². The van der Waals surface area contributed by atoms with Crippen LogP contribution >= 0.6 is 23.2 Å². The standard InChI is InChI=1S/C18H20Cl2N2O4S/c1-4-25-18-16(19)9-13(10-17(18)20)11-21-22-27(23,24)15-7-5-14(6-8-15)26-12(2)3/h5-12,22H,4H2,1-3H3/b21-11+. The van der Waals surface area contributed by atoms with Gasteiger partial charge >= 0.3 is 0 Å². The van der Waals surface area contributed by atoms with Gasteiger partial charge in [0.05, 0.1) is 33.9 Å². The molecule has 6 nitrogen and oxygen atoms in total. The molecule has 0 spiro atoms. The first kappa shape index (κ1) is 21.3. The van der Waals surface area contributed by atoms with Crippen molar-refractivity contribution in [3.63, 3.8) is 0 Å². The van der Waals surface area contributed by atoms with Crippen LogP contribution < -0.4 is 14.3 Å². The molecular formula is C18H20Cl2N2O4S. The van der Waals surface area contributed by atoms with E-state index in [1.165, 1.54) is 18.3 Å². The fourth-order valence-corrected chi connectivity index (χ4v) is 3.53. The number of hydrogen-bond acceptors (Lipinski definition) is 5. The van der Waals surface area contributed by atoms with Crippen LogP contribution in [0.4, 0.5) is 0 Å². The van der Waals surface area contributed by atoms with Crippen LogP contribution in [0.15, 0.2) is 46.4 Å². The number of sulfonamides is 1. The fraction of sp³-hybridized carbons (Fsp3) is 0.278. The molecule has 0 aliphatic carbocycles. The molecular weight excluding hydrogens is 411 g/mol. The molecule has 0 radical (unpaired) electrons. The second kappa shape index (κ2) is 9.30. The Bertz CT molecular complexity index is 890. The third-order valence-electron chi connectivity index (χ3n) is 3.20. The molecule has 27 heavy (non-hydrogen) atoms. The average molecular weight is 431 g/mol. The SMILES string of the molecule is CCOc1c(Cl)cc(/C=N/NS(=O)(=O)c2ccc(OC(C)C)cc2)cc1Cl. The first-order chi connectivity index (χ1) is 12.7. The summed E-state index contributed by atoms with van der Waals surface area (Å²) in [6.45, 7) is 6.02. The van der Waals surface area contributed by atoms with Crippen molar-refractivity contribution in [1.29, 1.82) is 0 Å². The zero-order valence-electron chi connectivity index (χ0n) is 15.1. The van der Waals surface area contributed by atoms with E-state index in [1.807, 2.05) is 20.8 Å². The Hall–Kier alpha value is -1.96. The van der Waals surface area contributed by atoms with Crippen molar-refractivity contribution in [2.24, 2.45) is 5.10 Å². The summed E-state index contributed by atoms with van der Waals surface area (Å²) in [5.41, 5.74) is 0.525. The van der Waals surface area contributed by atoms with Crippen LogP contribution in [0.5, 0.6) is 11.5 Å². The van der Waals surface area contributed by atoms with Gasteiger partial charge in [-0.05, 0) is 62.7 Å². The van der Waals surface area contributed by atoms with Crippen molar-refractivity contribution in [1.82, 2.24) is 4.83 Å². The Labute approximate surface area is 169 Å². The minimum absolute atomic E-state index is 0.00273. The van der Waals surface area contributed by atoms with Crippen LogP contribution in [0.3, 0.4) is 0 Å². The molecule has 1 N–H and O–H groups in total. The molecule has 0 bridgehead atoms. The zero-order valence-corrected chi connectivity index (χ0v) is 17.4. The molecule has 0 unspecified atom stereocenters. The van der Waals surface area contributed by atoms with Gasteiger partial charge in [-0.25, -0.2) is 4.83 Å². The fourth-order valence-electron chi connectivity index (χ4n) is 2.13. The first-order valence-electron chi connectivity index (χ1n) is 8.16. The van der Waals surface area contributed by atoms with Crippen LogP contribution in [-0.4, -0.2) is 27.3 Å². The second-order valence-electron chi connectivity index (χ2n) is 5.74. The summed E-state index contributed by atoms with van der Waals surface area (Å²) in [7, 11) is -3.81. The molecule has 0 aliphatic rings. The highest BCUT2D eigenvalue weighted by molar-refractivity contribution is 7.89. The lowest BCUT2D eigenvalue weighted by atomic mass is 10.2. The molecule has 0 saturated carbocycles. The minimum atomic E-state index is -3.81. The summed E-state index contributed by atoms with van der Waals surface area (Å²) in [5, 5.41) is 4.39. The molecule has 2 aromatic rings. The highest BCUT2D eigenvalue weighted by atomic mass is 35.5. The molecule has 9 heteroatoms. The third kappa shape index (κ3) is 6.02. The van der Waals surface area contributed by atoms with Crippen molar-refractivity contribution in [3.8, 4) is 11.5 Å². The molecule has 0 aromatic heterocycles. The van der Waals surface area contributed by atoms with Gasteiger partial charge in [-0.1, -0.05) is 23.2 Å². The van der Waals surface area contributed by atoms with Crippen molar-refractivity contribution in [2.45, 2.75) is 31.8 Å². The van der Waals surface area contributed by atoms with E-state index in [0.29, 0.717) is 33.7 Å². The van der Waals surface area contributed by atoms with Crippen LogP contribution in [0.25, 0.3) is 0 Å². The lowest BCUT2D eigenvalue weighted by Crippen LogP contribution is -2.18. The van der Waals surface area contributed by atoms with Crippen LogP contribution in [0, 0.1) is 0 Å². The molecule has 2 aromatic carbocycles. The van der Waals surface area contributed by atoms with Gasteiger partial charge in [0.2, 0.25) is 0 Å².